The number of benzene rings is 2. The molecule has 0 heterocycles. The first-order chi connectivity index (χ1) is 13.2. The Balaban J connectivity index is 1.93. The van der Waals surface area contributed by atoms with Gasteiger partial charge < -0.3 is 5.32 Å². The molecule has 0 aliphatic heterocycles. The van der Waals surface area contributed by atoms with E-state index in [-0.39, 0.29) is 21.5 Å². The molecule has 0 bridgehead atoms. The highest BCUT2D eigenvalue weighted by atomic mass is 35.5. The van der Waals surface area contributed by atoms with Gasteiger partial charge in [0.2, 0.25) is 10.0 Å². The van der Waals surface area contributed by atoms with E-state index in [9.17, 15) is 13.2 Å². The summed E-state index contributed by atoms with van der Waals surface area (Å²) < 4.78 is 26.8. The van der Waals surface area contributed by atoms with Crippen molar-refractivity contribution in [2.24, 2.45) is 0 Å². The number of carbonyl (C=O) groups is 1. The summed E-state index contributed by atoms with van der Waals surface area (Å²) >= 11 is 6.22. The predicted octanol–water partition coefficient (Wildman–Crippen LogP) is 4.50. The van der Waals surface area contributed by atoms with Crippen LogP contribution in [-0.4, -0.2) is 31.7 Å². The minimum atomic E-state index is -3.70. The molecule has 3 rings (SSSR count). The second kappa shape index (κ2) is 8.23. The lowest BCUT2D eigenvalue weighted by Gasteiger charge is -2.22. The lowest BCUT2D eigenvalue weighted by molar-refractivity contribution is 0.102. The molecule has 1 N–H and O–H groups in total. The van der Waals surface area contributed by atoms with Gasteiger partial charge in [0.25, 0.3) is 5.91 Å². The van der Waals surface area contributed by atoms with Gasteiger partial charge in [-0.05, 0) is 74.9 Å². The van der Waals surface area contributed by atoms with Gasteiger partial charge in [-0.3, -0.25) is 4.79 Å². The largest absolute Gasteiger partial charge is 0.322 e. The fraction of sp³-hybridized carbons (Fsp3) is 0.381. The lowest BCUT2D eigenvalue weighted by atomic mass is 9.90. The van der Waals surface area contributed by atoms with Crippen molar-refractivity contribution in [1.82, 2.24) is 4.31 Å². The zero-order chi connectivity index (χ0) is 20.5. The number of hydrogen-bond acceptors (Lipinski definition) is 3. The smallest absolute Gasteiger partial charge is 0.257 e. The van der Waals surface area contributed by atoms with E-state index in [0.717, 1.165) is 36.9 Å². The van der Waals surface area contributed by atoms with E-state index in [1.807, 2.05) is 12.1 Å². The normalized spacial score (nSPS) is 14.2. The van der Waals surface area contributed by atoms with Crippen LogP contribution in [0.15, 0.2) is 41.3 Å². The summed E-state index contributed by atoms with van der Waals surface area (Å²) in [6.45, 7) is 3.58. The molecule has 1 aliphatic carbocycles. The van der Waals surface area contributed by atoms with Crippen LogP contribution in [0.1, 0.15) is 48.2 Å². The summed E-state index contributed by atoms with van der Waals surface area (Å²) in [7, 11) is -2.19. The number of rotatable bonds is 5. The minimum Gasteiger partial charge on any atom is -0.322 e. The molecular weight excluding hydrogens is 396 g/mol. The Bertz CT molecular complexity index is 1000. The fourth-order valence-electron chi connectivity index (χ4n) is 3.37. The minimum absolute atomic E-state index is 0.0494. The van der Waals surface area contributed by atoms with Crippen LogP contribution < -0.4 is 5.32 Å². The van der Waals surface area contributed by atoms with Crippen molar-refractivity contribution >= 4 is 33.2 Å². The fourth-order valence-corrected chi connectivity index (χ4v) is 4.97. The lowest BCUT2D eigenvalue weighted by Crippen LogP contribution is -2.33. The number of anilines is 1. The number of carbonyl (C=O) groups excluding carboxylic acids is 1. The SMILES string of the molecule is CC(C)N(C)S(=O)(=O)c1ccc(Cl)c(C(=O)Nc2cccc3c2CCCC3)c1. The highest BCUT2D eigenvalue weighted by Gasteiger charge is 2.25. The molecule has 7 heteroatoms. The number of sulfonamides is 1. The number of aryl methyl sites for hydroxylation is 1. The van der Waals surface area contributed by atoms with E-state index in [4.69, 9.17) is 11.6 Å². The summed E-state index contributed by atoms with van der Waals surface area (Å²) in [5, 5.41) is 3.14. The average molecular weight is 421 g/mol. The van der Waals surface area contributed by atoms with Crippen LogP contribution in [0, 0.1) is 0 Å². The molecule has 0 spiro atoms. The molecule has 1 amide bonds. The average Bonchev–Trinajstić information content (AvgIpc) is 2.67. The summed E-state index contributed by atoms with van der Waals surface area (Å²) in [5.41, 5.74) is 3.32. The van der Waals surface area contributed by atoms with Gasteiger partial charge in [0.15, 0.2) is 0 Å². The molecule has 1 aliphatic rings. The van der Waals surface area contributed by atoms with Crippen molar-refractivity contribution in [1.29, 1.82) is 0 Å². The molecule has 2 aromatic rings. The number of amides is 1. The Kier molecular flexibility index (Phi) is 6.12. The third-order valence-electron chi connectivity index (χ3n) is 5.23. The Hall–Kier alpha value is -1.89. The van der Waals surface area contributed by atoms with E-state index in [2.05, 4.69) is 11.4 Å². The van der Waals surface area contributed by atoms with Crippen LogP contribution in [0.25, 0.3) is 0 Å². The molecule has 0 atom stereocenters. The van der Waals surface area contributed by atoms with Crippen LogP contribution in [-0.2, 0) is 22.9 Å². The molecule has 0 aromatic heterocycles. The first kappa shape index (κ1) is 20.8. The zero-order valence-corrected chi connectivity index (χ0v) is 17.9. The van der Waals surface area contributed by atoms with Gasteiger partial charge >= 0.3 is 0 Å². The molecule has 28 heavy (non-hydrogen) atoms. The Morgan fingerprint density at radius 3 is 2.57 bits per heavy atom. The van der Waals surface area contributed by atoms with Crippen molar-refractivity contribution in [3.8, 4) is 0 Å². The standard InChI is InChI=1S/C21H25ClN2O3S/c1-14(2)24(3)28(26,27)16-11-12-19(22)18(13-16)21(25)23-20-10-6-8-15-7-4-5-9-17(15)20/h6,8,10-14H,4-5,7,9H2,1-3H3,(H,23,25). The molecule has 0 saturated carbocycles. The third kappa shape index (κ3) is 4.09. The first-order valence-electron chi connectivity index (χ1n) is 9.41. The summed E-state index contributed by atoms with van der Waals surface area (Å²) in [6.07, 6.45) is 4.18. The van der Waals surface area contributed by atoms with Gasteiger partial charge in [0, 0.05) is 18.8 Å². The molecular formula is C21H25ClN2O3S. The van der Waals surface area contributed by atoms with E-state index >= 15 is 0 Å². The van der Waals surface area contributed by atoms with Crippen LogP contribution in [0.3, 0.4) is 0 Å². The Morgan fingerprint density at radius 2 is 1.86 bits per heavy atom. The number of nitrogens with one attached hydrogen (secondary N) is 1. The van der Waals surface area contributed by atoms with Gasteiger partial charge in [-0.2, -0.15) is 4.31 Å². The van der Waals surface area contributed by atoms with Crippen molar-refractivity contribution < 1.29 is 13.2 Å². The topological polar surface area (TPSA) is 66.5 Å². The first-order valence-corrected chi connectivity index (χ1v) is 11.2. The molecule has 0 fully saturated rings. The maximum atomic E-state index is 12.9. The highest BCUT2D eigenvalue weighted by molar-refractivity contribution is 7.89. The van der Waals surface area contributed by atoms with Crippen molar-refractivity contribution in [2.45, 2.75) is 50.5 Å². The molecule has 2 aromatic carbocycles. The third-order valence-corrected chi connectivity index (χ3v) is 7.59. The molecule has 0 radical (unpaired) electrons. The van der Waals surface area contributed by atoms with Crippen LogP contribution >= 0.6 is 11.6 Å². The summed E-state index contributed by atoms with van der Waals surface area (Å²) in [5.74, 6) is -0.409. The number of hydrogen-bond donors (Lipinski definition) is 1. The van der Waals surface area contributed by atoms with Gasteiger partial charge in [0.1, 0.15) is 0 Å². The molecule has 0 saturated heterocycles. The van der Waals surface area contributed by atoms with E-state index in [0.29, 0.717) is 0 Å². The Labute approximate surface area is 171 Å². The monoisotopic (exact) mass is 420 g/mol. The molecule has 150 valence electrons. The second-order valence-electron chi connectivity index (χ2n) is 7.36. The van der Waals surface area contributed by atoms with Crippen molar-refractivity contribution in [3.05, 3.63) is 58.1 Å². The maximum Gasteiger partial charge on any atom is 0.257 e. The maximum absolute atomic E-state index is 12.9. The van der Waals surface area contributed by atoms with Gasteiger partial charge in [-0.1, -0.05) is 23.7 Å². The number of halogens is 1. The predicted molar refractivity (Wildman–Crippen MR) is 113 cm³/mol. The number of nitrogens with zero attached hydrogens (tertiary/aromatic N) is 1. The van der Waals surface area contributed by atoms with Crippen LogP contribution in [0.4, 0.5) is 5.69 Å². The second-order valence-corrected chi connectivity index (χ2v) is 9.77. The van der Waals surface area contributed by atoms with Crippen LogP contribution in [0.2, 0.25) is 5.02 Å². The zero-order valence-electron chi connectivity index (χ0n) is 16.3. The van der Waals surface area contributed by atoms with Crippen molar-refractivity contribution in [2.75, 3.05) is 12.4 Å². The number of fused-ring (bicyclic) bond motifs is 1. The summed E-state index contributed by atoms with van der Waals surface area (Å²) in [4.78, 5) is 12.9. The van der Waals surface area contributed by atoms with E-state index < -0.39 is 15.9 Å². The van der Waals surface area contributed by atoms with Crippen LogP contribution in [0.5, 0.6) is 0 Å². The van der Waals surface area contributed by atoms with Gasteiger partial charge in [0.05, 0.1) is 15.5 Å². The van der Waals surface area contributed by atoms with Gasteiger partial charge in [-0.15, -0.1) is 0 Å². The van der Waals surface area contributed by atoms with Crippen molar-refractivity contribution in [3.63, 3.8) is 0 Å². The Morgan fingerprint density at radius 1 is 1.14 bits per heavy atom. The molecule has 5 nitrogen and oxygen atoms in total. The van der Waals surface area contributed by atoms with Gasteiger partial charge in [-0.25, -0.2) is 8.42 Å². The van der Waals surface area contributed by atoms with E-state index in [1.54, 1.807) is 13.8 Å². The molecule has 0 unspecified atom stereocenters. The summed E-state index contributed by atoms with van der Waals surface area (Å²) in [6, 6.07) is 9.93. The quantitative estimate of drug-likeness (QED) is 0.774. The van der Waals surface area contributed by atoms with E-state index in [1.165, 1.54) is 35.1 Å². The highest BCUT2D eigenvalue weighted by Crippen LogP contribution is 2.29.